The van der Waals surface area contributed by atoms with Crippen molar-refractivity contribution in [3.8, 4) is 0 Å². The van der Waals surface area contributed by atoms with Crippen molar-refractivity contribution < 1.29 is 42.1 Å². The molecule has 0 bridgehead atoms. The third-order valence-electron chi connectivity index (χ3n) is 12.8. The molecule has 0 radical (unpaired) electrons. The highest BCUT2D eigenvalue weighted by Gasteiger charge is 2.22. The predicted octanol–water partition coefficient (Wildman–Crippen LogP) is 18.7. The lowest BCUT2D eigenvalue weighted by Gasteiger charge is -2.28. The van der Waals surface area contributed by atoms with E-state index in [9.17, 15) is 19.0 Å². The van der Waals surface area contributed by atoms with E-state index in [1.807, 2.05) is 21.1 Å². The van der Waals surface area contributed by atoms with Gasteiger partial charge in [0.2, 0.25) is 0 Å². The van der Waals surface area contributed by atoms with Crippen LogP contribution < -0.4 is 4.89 Å². The first-order valence-corrected chi connectivity index (χ1v) is 32.1. The molecule has 0 fully saturated rings. The molecule has 76 heavy (non-hydrogen) atoms. The summed E-state index contributed by atoms with van der Waals surface area (Å²) in [6, 6.07) is 0. The molecule has 0 aliphatic rings. The number of nitrogens with zero attached hydrogens (tertiary/aromatic N) is 1. The van der Waals surface area contributed by atoms with Crippen molar-refractivity contribution in [2.45, 2.75) is 251 Å². The lowest BCUT2D eigenvalue weighted by Crippen LogP contribution is -2.37. The Balaban J connectivity index is 4.12. The van der Waals surface area contributed by atoms with Crippen molar-refractivity contribution >= 4 is 19.8 Å². The summed E-state index contributed by atoms with van der Waals surface area (Å²) in [6.45, 7) is 4.12. The second-order valence-electron chi connectivity index (χ2n) is 21.3. The maximum absolute atomic E-state index is 12.8. The highest BCUT2D eigenvalue weighted by Crippen LogP contribution is 2.38. The van der Waals surface area contributed by atoms with Gasteiger partial charge in [0.1, 0.15) is 19.8 Å². The lowest BCUT2D eigenvalue weighted by atomic mass is 10.0. The summed E-state index contributed by atoms with van der Waals surface area (Å²) in [6.07, 6.45) is 78.5. The predicted molar refractivity (Wildman–Crippen MR) is 323 cm³/mol. The number of phosphoric ester groups is 1. The SMILES string of the molecule is CC/C=C\C/C=C\C/C=C\C/C=C\C/C=C\C/C=C\C/C=C\C/C=C\C/C=C\CCCCCCCCCCCC(=O)OC(COC(=O)CCCCCCCCCCCCCCCCC)COP(=O)([O-])OCC[N+](C)(C)C. The molecular weight excluding hydrogens is 966 g/mol. The van der Waals surface area contributed by atoms with Crippen LogP contribution in [0.1, 0.15) is 245 Å². The number of allylic oxidation sites excluding steroid dienone is 18. The fraction of sp³-hybridized carbons (Fsp3) is 0.697. The number of esters is 2. The van der Waals surface area contributed by atoms with Gasteiger partial charge in [-0.05, 0) is 83.5 Å². The maximum Gasteiger partial charge on any atom is 0.306 e. The number of likely N-dealkylation sites (N-methyl/N-ethyl adjacent to an activating group) is 1. The van der Waals surface area contributed by atoms with Crippen molar-refractivity contribution in [3.05, 3.63) is 109 Å². The van der Waals surface area contributed by atoms with Crippen molar-refractivity contribution in [3.63, 3.8) is 0 Å². The Labute approximate surface area is 467 Å². The molecule has 2 atom stereocenters. The van der Waals surface area contributed by atoms with Gasteiger partial charge in [0.15, 0.2) is 6.10 Å². The standard InChI is InChI=1S/C66H114NO8P/c1-6-8-10-12-14-16-18-20-22-23-24-25-26-27-28-29-30-31-32-33-34-35-36-37-38-39-40-41-42-43-45-47-49-51-53-55-57-59-66(69)75-64(63-74-76(70,71)73-61-60-67(3,4)5)62-72-65(68)58-56-54-52-50-48-46-44-21-19-17-15-13-11-9-7-2/h8,10,14,16,20,22,24-25,27-28,30-31,33-34,36-37,39-40,64H,6-7,9,11-13,15,17-19,21,23,26,29,32,35,38,41-63H2,1-5H3/b10-8-,16-14-,22-20-,25-24-,28-27-,31-30-,34-33-,37-36-,40-39-. The minimum atomic E-state index is -4.64. The van der Waals surface area contributed by atoms with Crippen LogP contribution in [0, 0.1) is 0 Å². The molecule has 0 saturated heterocycles. The van der Waals surface area contributed by atoms with Gasteiger partial charge in [0, 0.05) is 12.8 Å². The summed E-state index contributed by atoms with van der Waals surface area (Å²) in [5.41, 5.74) is 0. The maximum atomic E-state index is 12.8. The van der Waals surface area contributed by atoms with E-state index in [-0.39, 0.29) is 32.0 Å². The van der Waals surface area contributed by atoms with Crippen molar-refractivity contribution in [2.75, 3.05) is 47.5 Å². The molecule has 0 aromatic carbocycles. The summed E-state index contributed by atoms with van der Waals surface area (Å²) in [5, 5.41) is 0. The first kappa shape index (κ1) is 72.7. The number of ether oxygens (including phenoxy) is 2. The molecule has 0 rings (SSSR count). The van der Waals surface area contributed by atoms with Gasteiger partial charge in [0.25, 0.3) is 7.82 Å². The number of rotatable bonds is 55. The molecular formula is C66H114NO8P. The van der Waals surface area contributed by atoms with E-state index >= 15 is 0 Å². The van der Waals surface area contributed by atoms with Crippen molar-refractivity contribution in [1.29, 1.82) is 0 Å². The largest absolute Gasteiger partial charge is 0.756 e. The molecule has 0 aromatic heterocycles. The van der Waals surface area contributed by atoms with E-state index in [0.29, 0.717) is 17.4 Å². The van der Waals surface area contributed by atoms with Gasteiger partial charge in [-0.1, -0.05) is 258 Å². The molecule has 2 unspecified atom stereocenters. The van der Waals surface area contributed by atoms with Crippen LogP contribution in [-0.4, -0.2) is 70.0 Å². The molecule has 0 spiro atoms. The van der Waals surface area contributed by atoms with Crippen molar-refractivity contribution in [1.82, 2.24) is 0 Å². The molecule has 0 aliphatic carbocycles. The van der Waals surface area contributed by atoms with E-state index in [1.54, 1.807) is 0 Å². The molecule has 0 amide bonds. The second kappa shape index (κ2) is 56.4. The average Bonchev–Trinajstić information content (AvgIpc) is 3.38. The van der Waals surface area contributed by atoms with Crippen LogP contribution >= 0.6 is 7.82 Å². The van der Waals surface area contributed by atoms with Crippen LogP contribution in [0.15, 0.2) is 109 Å². The number of carbonyl (C=O) groups excluding carboxylic acids is 2. The Morgan fingerprint density at radius 2 is 0.750 bits per heavy atom. The zero-order valence-corrected chi connectivity index (χ0v) is 50.3. The smallest absolute Gasteiger partial charge is 0.306 e. The minimum Gasteiger partial charge on any atom is -0.756 e. The molecule has 0 heterocycles. The third-order valence-corrected chi connectivity index (χ3v) is 13.8. The number of hydrogen-bond acceptors (Lipinski definition) is 8. The zero-order valence-electron chi connectivity index (χ0n) is 49.4. The van der Waals surface area contributed by atoms with Crippen LogP contribution in [0.4, 0.5) is 0 Å². The molecule has 0 N–H and O–H groups in total. The highest BCUT2D eigenvalue weighted by molar-refractivity contribution is 7.45. The Morgan fingerprint density at radius 3 is 1.12 bits per heavy atom. The number of quaternary nitrogens is 1. The first-order chi connectivity index (χ1) is 37.0. The monoisotopic (exact) mass is 1080 g/mol. The van der Waals surface area contributed by atoms with Gasteiger partial charge in [-0.2, -0.15) is 0 Å². The average molecular weight is 1080 g/mol. The van der Waals surface area contributed by atoms with Gasteiger partial charge >= 0.3 is 11.9 Å². The number of unbranched alkanes of at least 4 members (excludes halogenated alkanes) is 23. The van der Waals surface area contributed by atoms with Crippen LogP contribution in [0.5, 0.6) is 0 Å². The van der Waals surface area contributed by atoms with E-state index in [0.717, 1.165) is 103 Å². The number of hydrogen-bond donors (Lipinski definition) is 0. The molecule has 0 aliphatic heterocycles. The quantitative estimate of drug-likeness (QED) is 0.0195. The topological polar surface area (TPSA) is 111 Å². The molecule has 436 valence electrons. The van der Waals surface area contributed by atoms with Gasteiger partial charge in [-0.3, -0.25) is 14.2 Å². The minimum absolute atomic E-state index is 0.0353. The Bertz CT molecular complexity index is 1650. The molecule has 0 aromatic rings. The first-order valence-electron chi connectivity index (χ1n) is 30.6. The second-order valence-corrected chi connectivity index (χ2v) is 22.8. The van der Waals surface area contributed by atoms with E-state index in [1.165, 1.54) is 109 Å². The molecule has 10 heteroatoms. The van der Waals surface area contributed by atoms with Crippen LogP contribution in [0.25, 0.3) is 0 Å². The Kier molecular flexibility index (Phi) is 53.9. The summed E-state index contributed by atoms with van der Waals surface area (Å²) in [7, 11) is 1.16. The molecule has 0 saturated carbocycles. The number of phosphoric acid groups is 1. The summed E-state index contributed by atoms with van der Waals surface area (Å²) in [5.74, 6) is -0.839. The van der Waals surface area contributed by atoms with Crippen LogP contribution in [0.3, 0.4) is 0 Å². The zero-order chi connectivity index (χ0) is 55.6. The van der Waals surface area contributed by atoms with Gasteiger partial charge in [-0.25, -0.2) is 0 Å². The fourth-order valence-corrected chi connectivity index (χ4v) is 8.85. The summed E-state index contributed by atoms with van der Waals surface area (Å²) < 4.78 is 34.1. The van der Waals surface area contributed by atoms with Crippen LogP contribution in [-0.2, 0) is 32.7 Å². The summed E-state index contributed by atoms with van der Waals surface area (Å²) >= 11 is 0. The van der Waals surface area contributed by atoms with E-state index in [2.05, 4.69) is 123 Å². The van der Waals surface area contributed by atoms with Gasteiger partial charge < -0.3 is 27.9 Å². The van der Waals surface area contributed by atoms with Crippen LogP contribution in [0.2, 0.25) is 0 Å². The fourth-order valence-electron chi connectivity index (χ4n) is 8.12. The Morgan fingerprint density at radius 1 is 0.421 bits per heavy atom. The van der Waals surface area contributed by atoms with E-state index < -0.39 is 26.5 Å². The Hall–Kier alpha value is -3.33. The van der Waals surface area contributed by atoms with Gasteiger partial charge in [0.05, 0.1) is 27.7 Å². The lowest BCUT2D eigenvalue weighted by molar-refractivity contribution is -0.870. The summed E-state index contributed by atoms with van der Waals surface area (Å²) in [4.78, 5) is 37.8. The van der Waals surface area contributed by atoms with E-state index in [4.69, 9.17) is 18.5 Å². The van der Waals surface area contributed by atoms with Crippen molar-refractivity contribution in [2.24, 2.45) is 0 Å². The van der Waals surface area contributed by atoms with Gasteiger partial charge in [-0.15, -0.1) is 0 Å². The third kappa shape index (κ3) is 59.9. The normalized spacial score (nSPS) is 14.0. The molecule has 9 nitrogen and oxygen atoms in total. The number of carbonyl (C=O) groups is 2. The highest BCUT2D eigenvalue weighted by atomic mass is 31.2.